The van der Waals surface area contributed by atoms with Gasteiger partial charge in [-0.2, -0.15) is 5.26 Å². The molecule has 1 amide bonds. The van der Waals surface area contributed by atoms with E-state index < -0.39 is 11.4 Å². The van der Waals surface area contributed by atoms with E-state index in [0.717, 1.165) is 12.8 Å². The first kappa shape index (κ1) is 14.5. The summed E-state index contributed by atoms with van der Waals surface area (Å²) in [6, 6.07) is 5.92. The minimum atomic E-state index is -0.934. The molecule has 5 heteroatoms. The number of nitriles is 1. The normalized spacial score (nSPS) is 25.8. The van der Waals surface area contributed by atoms with Crippen molar-refractivity contribution in [1.29, 1.82) is 5.26 Å². The lowest BCUT2D eigenvalue weighted by Gasteiger charge is -2.35. The van der Waals surface area contributed by atoms with Crippen LogP contribution in [-0.2, 0) is 4.79 Å². The van der Waals surface area contributed by atoms with Crippen molar-refractivity contribution in [2.75, 3.05) is 5.32 Å². The van der Waals surface area contributed by atoms with Gasteiger partial charge in [0, 0.05) is 0 Å². The summed E-state index contributed by atoms with van der Waals surface area (Å²) >= 11 is 0. The quantitative estimate of drug-likeness (QED) is 0.870. The third kappa shape index (κ3) is 2.81. The fourth-order valence-corrected chi connectivity index (χ4v) is 2.79. The zero-order valence-electron chi connectivity index (χ0n) is 11.4. The maximum atomic E-state index is 13.5. The number of hydrogen-bond acceptors (Lipinski definition) is 3. The summed E-state index contributed by atoms with van der Waals surface area (Å²) in [7, 11) is 0. The Morgan fingerprint density at radius 2 is 2.35 bits per heavy atom. The van der Waals surface area contributed by atoms with Crippen molar-refractivity contribution in [3.05, 3.63) is 29.6 Å². The van der Waals surface area contributed by atoms with E-state index in [1.807, 2.05) is 0 Å². The molecule has 106 valence electrons. The molecule has 1 aromatic rings. The topological polar surface area (TPSA) is 78.9 Å². The maximum absolute atomic E-state index is 13.5. The maximum Gasteiger partial charge on any atom is 0.244 e. The highest BCUT2D eigenvalue weighted by Crippen LogP contribution is 2.31. The predicted octanol–water partition coefficient (Wildman–Crippen LogP) is 2.54. The van der Waals surface area contributed by atoms with E-state index in [2.05, 4.69) is 12.2 Å². The molecule has 1 aromatic carbocycles. The first-order valence-corrected chi connectivity index (χ1v) is 6.75. The molecule has 1 aliphatic carbocycles. The van der Waals surface area contributed by atoms with Crippen LogP contribution in [0.1, 0.15) is 38.2 Å². The minimum absolute atomic E-state index is 0.159. The van der Waals surface area contributed by atoms with Crippen LogP contribution in [0.25, 0.3) is 0 Å². The van der Waals surface area contributed by atoms with Crippen LogP contribution in [0, 0.1) is 23.1 Å². The number of halogens is 1. The van der Waals surface area contributed by atoms with Gasteiger partial charge in [0.15, 0.2) is 0 Å². The molecular formula is C15H18FN3O. The van der Waals surface area contributed by atoms with Crippen LogP contribution in [0.4, 0.5) is 10.1 Å². The van der Waals surface area contributed by atoms with E-state index in [4.69, 9.17) is 11.0 Å². The average Bonchev–Trinajstić information content (AvgIpc) is 2.38. The van der Waals surface area contributed by atoms with Crippen molar-refractivity contribution in [2.24, 2.45) is 11.7 Å². The molecule has 4 nitrogen and oxygen atoms in total. The fraction of sp³-hybridized carbons (Fsp3) is 0.467. The van der Waals surface area contributed by atoms with Gasteiger partial charge in [-0.25, -0.2) is 4.39 Å². The number of carbonyl (C=O) groups excluding carboxylic acids is 1. The van der Waals surface area contributed by atoms with Gasteiger partial charge < -0.3 is 11.1 Å². The number of anilines is 1. The molecule has 3 N–H and O–H groups in total. The number of amides is 1. The Morgan fingerprint density at radius 1 is 1.60 bits per heavy atom. The zero-order valence-corrected chi connectivity index (χ0v) is 11.4. The van der Waals surface area contributed by atoms with Crippen molar-refractivity contribution in [1.82, 2.24) is 0 Å². The molecule has 0 aliphatic heterocycles. The molecule has 1 fully saturated rings. The van der Waals surface area contributed by atoms with Crippen molar-refractivity contribution in [2.45, 2.75) is 38.1 Å². The van der Waals surface area contributed by atoms with Crippen LogP contribution in [-0.4, -0.2) is 11.4 Å². The van der Waals surface area contributed by atoms with Gasteiger partial charge >= 0.3 is 0 Å². The molecule has 0 bridgehead atoms. The lowest BCUT2D eigenvalue weighted by atomic mass is 9.76. The third-order valence-electron chi connectivity index (χ3n) is 3.86. The smallest absolute Gasteiger partial charge is 0.244 e. The van der Waals surface area contributed by atoms with Crippen LogP contribution in [0.2, 0.25) is 0 Å². The average molecular weight is 275 g/mol. The number of nitrogens with two attached hydrogens (primary N) is 1. The molecule has 20 heavy (non-hydrogen) atoms. The van der Waals surface area contributed by atoms with E-state index in [-0.39, 0.29) is 17.2 Å². The Morgan fingerprint density at radius 3 is 3.00 bits per heavy atom. The first-order valence-electron chi connectivity index (χ1n) is 6.75. The Balaban J connectivity index is 2.20. The molecule has 2 atom stereocenters. The highest BCUT2D eigenvalue weighted by atomic mass is 19.1. The fourth-order valence-electron chi connectivity index (χ4n) is 2.79. The number of rotatable bonds is 2. The number of benzene rings is 1. The summed E-state index contributed by atoms with van der Waals surface area (Å²) < 4.78 is 13.5. The molecule has 0 radical (unpaired) electrons. The molecular weight excluding hydrogens is 257 g/mol. The van der Waals surface area contributed by atoms with Crippen molar-refractivity contribution < 1.29 is 9.18 Å². The third-order valence-corrected chi connectivity index (χ3v) is 3.86. The molecule has 1 aliphatic rings. The van der Waals surface area contributed by atoms with Crippen molar-refractivity contribution >= 4 is 11.6 Å². The molecule has 0 aromatic heterocycles. The monoisotopic (exact) mass is 275 g/mol. The molecule has 0 saturated heterocycles. The van der Waals surface area contributed by atoms with Gasteiger partial charge in [-0.05, 0) is 30.9 Å². The Hall–Kier alpha value is -1.93. The molecule has 0 heterocycles. The van der Waals surface area contributed by atoms with Crippen LogP contribution in [0.3, 0.4) is 0 Å². The summed E-state index contributed by atoms with van der Waals surface area (Å²) in [5.41, 5.74) is 5.27. The van der Waals surface area contributed by atoms with Gasteiger partial charge in [-0.1, -0.05) is 25.8 Å². The standard InChI is InChI=1S/C15H18FN3O/c1-10-4-3-7-15(18,8-10)14(20)19-13-6-2-5-12(16)11(13)9-17/h2,5-6,10H,3-4,7-8,18H2,1H3,(H,19,20). The summed E-state index contributed by atoms with van der Waals surface area (Å²) in [6.45, 7) is 2.07. The SMILES string of the molecule is CC1CCCC(N)(C(=O)Nc2cccc(F)c2C#N)C1. The van der Waals surface area contributed by atoms with E-state index in [0.29, 0.717) is 18.8 Å². The number of nitrogens with zero attached hydrogens (tertiary/aromatic N) is 1. The number of nitrogens with one attached hydrogen (secondary N) is 1. The number of carbonyl (C=O) groups is 1. The summed E-state index contributed by atoms with van der Waals surface area (Å²) in [6.07, 6.45) is 3.19. The molecule has 0 spiro atoms. The molecule has 1 saturated carbocycles. The lowest BCUT2D eigenvalue weighted by Crippen LogP contribution is -2.53. The van der Waals surface area contributed by atoms with Crippen molar-refractivity contribution in [3.63, 3.8) is 0 Å². The van der Waals surface area contributed by atoms with Gasteiger partial charge in [-0.15, -0.1) is 0 Å². The van der Waals surface area contributed by atoms with Gasteiger partial charge in [0.05, 0.1) is 11.2 Å². The molecule has 2 rings (SSSR count). The van der Waals surface area contributed by atoms with E-state index >= 15 is 0 Å². The second kappa shape index (κ2) is 5.59. The minimum Gasteiger partial charge on any atom is -0.323 e. The highest BCUT2D eigenvalue weighted by Gasteiger charge is 2.38. The summed E-state index contributed by atoms with van der Waals surface area (Å²) in [4.78, 5) is 12.3. The number of hydrogen-bond donors (Lipinski definition) is 2. The summed E-state index contributed by atoms with van der Waals surface area (Å²) in [5, 5.41) is 11.6. The zero-order chi connectivity index (χ0) is 14.8. The lowest BCUT2D eigenvalue weighted by molar-refractivity contribution is -0.122. The Labute approximate surface area is 117 Å². The van der Waals surface area contributed by atoms with Crippen LogP contribution >= 0.6 is 0 Å². The van der Waals surface area contributed by atoms with E-state index in [9.17, 15) is 9.18 Å². The second-order valence-corrected chi connectivity index (χ2v) is 5.59. The van der Waals surface area contributed by atoms with Gasteiger partial charge in [0.25, 0.3) is 0 Å². The predicted molar refractivity (Wildman–Crippen MR) is 74.3 cm³/mol. The Bertz CT molecular complexity index is 567. The van der Waals surface area contributed by atoms with Gasteiger partial charge in [0.1, 0.15) is 17.4 Å². The largest absolute Gasteiger partial charge is 0.323 e. The van der Waals surface area contributed by atoms with E-state index in [1.165, 1.54) is 18.2 Å². The first-order chi connectivity index (χ1) is 9.46. The van der Waals surface area contributed by atoms with E-state index in [1.54, 1.807) is 6.07 Å². The molecule has 2 unspecified atom stereocenters. The van der Waals surface area contributed by atoms with Crippen LogP contribution in [0.5, 0.6) is 0 Å². The highest BCUT2D eigenvalue weighted by molar-refractivity contribution is 5.99. The van der Waals surface area contributed by atoms with Crippen LogP contribution in [0.15, 0.2) is 18.2 Å². The second-order valence-electron chi connectivity index (χ2n) is 5.59. The van der Waals surface area contributed by atoms with Gasteiger partial charge in [0.2, 0.25) is 5.91 Å². The summed E-state index contributed by atoms with van der Waals surface area (Å²) in [5.74, 6) is -0.595. The van der Waals surface area contributed by atoms with Crippen LogP contribution < -0.4 is 11.1 Å². The Kier molecular flexibility index (Phi) is 4.05. The van der Waals surface area contributed by atoms with Crippen molar-refractivity contribution in [3.8, 4) is 6.07 Å². The van der Waals surface area contributed by atoms with Gasteiger partial charge in [-0.3, -0.25) is 4.79 Å².